The summed E-state index contributed by atoms with van der Waals surface area (Å²) < 4.78 is 12.3. The van der Waals surface area contributed by atoms with Gasteiger partial charge in [-0.25, -0.2) is 0 Å². The number of anilines is 1. The van der Waals surface area contributed by atoms with Gasteiger partial charge in [0.25, 0.3) is 11.8 Å². The number of nitrogens with zero attached hydrogens (tertiary/aromatic N) is 1. The van der Waals surface area contributed by atoms with E-state index < -0.39 is 0 Å². The molecule has 0 radical (unpaired) electrons. The summed E-state index contributed by atoms with van der Waals surface area (Å²) in [7, 11) is 0. The Hall–Kier alpha value is -5.82. The first kappa shape index (κ1) is 32.7. The fourth-order valence-electron chi connectivity index (χ4n) is 6.15. The molecule has 2 N–H and O–H groups in total. The molecule has 5 aromatic rings. The Kier molecular flexibility index (Phi) is 9.65. The van der Waals surface area contributed by atoms with Crippen molar-refractivity contribution in [2.75, 3.05) is 18.4 Å². The predicted molar refractivity (Wildman–Crippen MR) is 196 cm³/mol. The van der Waals surface area contributed by atoms with Crippen molar-refractivity contribution in [2.45, 2.75) is 38.9 Å². The van der Waals surface area contributed by atoms with Gasteiger partial charge in [-0.2, -0.15) is 0 Å². The van der Waals surface area contributed by atoms with E-state index in [1.165, 1.54) is 5.56 Å². The van der Waals surface area contributed by atoms with Gasteiger partial charge in [-0.1, -0.05) is 60.7 Å². The van der Waals surface area contributed by atoms with Gasteiger partial charge in [-0.3, -0.25) is 9.59 Å². The van der Waals surface area contributed by atoms with E-state index in [1.807, 2.05) is 77.7 Å². The number of likely N-dealkylation sites (tertiary alicyclic amines) is 1. The molecule has 0 unspecified atom stereocenters. The van der Waals surface area contributed by atoms with E-state index in [-0.39, 0.29) is 23.7 Å². The Bertz CT molecular complexity index is 1970. The molecule has 252 valence electrons. The highest BCUT2D eigenvalue weighted by atomic mass is 16.5. The molecule has 2 amide bonds. The molecule has 7 rings (SSSR count). The highest BCUT2D eigenvalue weighted by Crippen LogP contribution is 2.26. The molecule has 1 aliphatic heterocycles. The number of rotatable bonds is 11. The lowest BCUT2D eigenvalue weighted by atomic mass is 10.0. The van der Waals surface area contributed by atoms with Gasteiger partial charge in [0.1, 0.15) is 30.0 Å². The molecule has 0 atom stereocenters. The molecule has 7 nitrogen and oxygen atoms in total. The molecule has 0 spiro atoms. The second-order valence-corrected chi connectivity index (χ2v) is 13.0. The van der Waals surface area contributed by atoms with E-state index in [0.717, 1.165) is 53.0 Å². The van der Waals surface area contributed by atoms with Crippen LogP contribution in [0.1, 0.15) is 50.2 Å². The molecule has 1 fully saturated rings. The highest BCUT2D eigenvalue weighted by Gasteiger charge is 2.25. The molecule has 0 aromatic heterocycles. The van der Waals surface area contributed by atoms with Crippen LogP contribution < -0.4 is 14.8 Å². The van der Waals surface area contributed by atoms with Crippen LogP contribution in [0, 0.1) is 12.8 Å². The van der Waals surface area contributed by atoms with Crippen LogP contribution in [-0.2, 0) is 13.0 Å². The average Bonchev–Trinajstić information content (AvgIpc) is 3.97. The minimum absolute atomic E-state index is 0.0799. The maximum atomic E-state index is 13.0. The molecule has 1 aliphatic carbocycles. The molecule has 0 saturated carbocycles. The van der Waals surface area contributed by atoms with Crippen molar-refractivity contribution in [1.29, 1.82) is 0 Å². The van der Waals surface area contributed by atoms with Crippen molar-refractivity contribution in [3.05, 3.63) is 155 Å². The van der Waals surface area contributed by atoms with E-state index in [9.17, 15) is 14.7 Å². The van der Waals surface area contributed by atoms with Crippen molar-refractivity contribution in [3.63, 3.8) is 0 Å². The highest BCUT2D eigenvalue weighted by molar-refractivity contribution is 6.04. The third kappa shape index (κ3) is 8.24. The summed E-state index contributed by atoms with van der Waals surface area (Å²) in [6.45, 7) is 3.59. The summed E-state index contributed by atoms with van der Waals surface area (Å²) in [5, 5.41) is 12.6. The van der Waals surface area contributed by atoms with Crippen molar-refractivity contribution in [3.8, 4) is 28.4 Å². The van der Waals surface area contributed by atoms with Crippen molar-refractivity contribution in [2.24, 2.45) is 5.92 Å². The summed E-state index contributed by atoms with van der Waals surface area (Å²) in [6, 6.07) is 36.4. The maximum absolute atomic E-state index is 13.0. The molecule has 1 saturated heterocycles. The normalized spacial score (nSPS) is 14.3. The zero-order chi connectivity index (χ0) is 34.5. The van der Waals surface area contributed by atoms with Gasteiger partial charge in [0, 0.05) is 42.7 Å². The number of carbonyl (C=O) groups is 2. The van der Waals surface area contributed by atoms with Gasteiger partial charge in [-0.15, -0.1) is 0 Å². The molecule has 50 heavy (non-hydrogen) atoms. The van der Waals surface area contributed by atoms with Gasteiger partial charge in [0.2, 0.25) is 0 Å². The van der Waals surface area contributed by atoms with Crippen molar-refractivity contribution in [1.82, 2.24) is 4.90 Å². The first-order valence-electron chi connectivity index (χ1n) is 17.1. The number of hydrogen-bond donors (Lipinski definition) is 2. The lowest BCUT2D eigenvalue weighted by Gasteiger charge is -2.32. The van der Waals surface area contributed by atoms with E-state index in [4.69, 9.17) is 9.47 Å². The minimum atomic E-state index is -0.210. The van der Waals surface area contributed by atoms with Crippen LogP contribution in [0.4, 0.5) is 5.69 Å². The molecule has 5 aromatic carbocycles. The number of allylic oxidation sites excluding steroid dienone is 2. The minimum Gasteiger partial charge on any atom is -0.508 e. The first-order chi connectivity index (χ1) is 24.4. The van der Waals surface area contributed by atoms with Gasteiger partial charge in [0.05, 0.1) is 0 Å². The zero-order valence-electron chi connectivity index (χ0n) is 28.0. The number of phenolic OH excluding ortho intramolecular Hbond substituents is 1. The SMILES string of the molecule is Cc1cc(NC(=O)c2ccc(-c3ccc(OCc4ccc(OC5CCN(C(=O)c6ccc(CC7C=C7)cc6)CC5)cc4)cc3)cc2)ccc1O. The number of aryl methyl sites for hydroxylation is 1. The molecular formula is C43H40N2O5. The van der Waals surface area contributed by atoms with Gasteiger partial charge in [-0.05, 0) is 114 Å². The Morgan fingerprint density at radius 2 is 1.34 bits per heavy atom. The summed E-state index contributed by atoms with van der Waals surface area (Å²) >= 11 is 0. The van der Waals surface area contributed by atoms with Crippen LogP contribution in [0.15, 0.2) is 127 Å². The third-order valence-electron chi connectivity index (χ3n) is 9.29. The Morgan fingerprint density at radius 1 is 0.740 bits per heavy atom. The van der Waals surface area contributed by atoms with Crippen LogP contribution >= 0.6 is 0 Å². The number of piperidine rings is 1. The number of ether oxygens (including phenoxy) is 2. The molecule has 2 aliphatic rings. The summed E-state index contributed by atoms with van der Waals surface area (Å²) in [4.78, 5) is 27.7. The second-order valence-electron chi connectivity index (χ2n) is 13.0. The molecule has 7 heteroatoms. The fraction of sp³-hybridized carbons (Fsp3) is 0.209. The number of phenols is 1. The van der Waals surface area contributed by atoms with Crippen LogP contribution in [0.25, 0.3) is 11.1 Å². The van der Waals surface area contributed by atoms with Crippen LogP contribution in [0.2, 0.25) is 0 Å². The van der Waals surface area contributed by atoms with E-state index >= 15 is 0 Å². The lowest BCUT2D eigenvalue weighted by molar-refractivity contribution is 0.0595. The van der Waals surface area contributed by atoms with Crippen molar-refractivity contribution < 1.29 is 24.2 Å². The van der Waals surface area contributed by atoms with E-state index in [1.54, 1.807) is 37.3 Å². The Balaban J connectivity index is 0.844. The molecular weight excluding hydrogens is 624 g/mol. The zero-order valence-corrected chi connectivity index (χ0v) is 28.0. The first-order valence-corrected chi connectivity index (χ1v) is 17.1. The van der Waals surface area contributed by atoms with E-state index in [2.05, 4.69) is 29.6 Å². The third-order valence-corrected chi connectivity index (χ3v) is 9.29. The van der Waals surface area contributed by atoms with Gasteiger partial charge >= 0.3 is 0 Å². The number of carbonyl (C=O) groups excluding carboxylic acids is 2. The van der Waals surface area contributed by atoms with Crippen LogP contribution in [0.3, 0.4) is 0 Å². The standard InChI is InChI=1S/C43H40N2O5/c1-29-26-37(16-21-41(29)46)44-42(47)35-12-10-33(11-13-35)34-14-19-38(20-15-34)49-28-32-6-17-39(18-7-32)50-40-22-24-45(25-23-40)43(48)36-8-4-31(5-9-36)27-30-2-3-30/h2-21,26,30,40,46H,22-25,27-28H2,1H3,(H,44,47). The van der Waals surface area contributed by atoms with Crippen LogP contribution in [-0.4, -0.2) is 41.0 Å². The second kappa shape index (κ2) is 14.7. The topological polar surface area (TPSA) is 88.1 Å². The summed E-state index contributed by atoms with van der Waals surface area (Å²) in [6.07, 6.45) is 7.11. The monoisotopic (exact) mass is 664 g/mol. The van der Waals surface area contributed by atoms with E-state index in [0.29, 0.717) is 42.4 Å². The average molecular weight is 665 g/mol. The van der Waals surface area contributed by atoms with Crippen molar-refractivity contribution >= 4 is 17.5 Å². The summed E-state index contributed by atoms with van der Waals surface area (Å²) in [5.41, 5.74) is 6.95. The number of benzene rings is 5. The number of aromatic hydroxyl groups is 1. The fourth-order valence-corrected chi connectivity index (χ4v) is 6.15. The molecule has 0 bridgehead atoms. The van der Waals surface area contributed by atoms with Gasteiger partial charge < -0.3 is 24.8 Å². The smallest absolute Gasteiger partial charge is 0.255 e. The Morgan fingerprint density at radius 3 is 1.98 bits per heavy atom. The maximum Gasteiger partial charge on any atom is 0.255 e. The number of amides is 2. The predicted octanol–water partition coefficient (Wildman–Crippen LogP) is 8.61. The summed E-state index contributed by atoms with van der Waals surface area (Å²) in [5.74, 6) is 2.26. The lowest BCUT2D eigenvalue weighted by Crippen LogP contribution is -2.41. The molecule has 1 heterocycles. The largest absolute Gasteiger partial charge is 0.508 e. The quantitative estimate of drug-likeness (QED) is 0.109. The van der Waals surface area contributed by atoms with Gasteiger partial charge in [0.15, 0.2) is 0 Å². The van der Waals surface area contributed by atoms with Crippen LogP contribution in [0.5, 0.6) is 17.2 Å². The Labute approximate surface area is 292 Å². The number of hydrogen-bond acceptors (Lipinski definition) is 5. The number of nitrogens with one attached hydrogen (secondary N) is 1.